The van der Waals surface area contributed by atoms with Gasteiger partial charge in [0.05, 0.1) is 24.8 Å². The van der Waals surface area contributed by atoms with Gasteiger partial charge in [0.25, 0.3) is 5.91 Å². The first kappa shape index (κ1) is 14.5. The van der Waals surface area contributed by atoms with Crippen molar-refractivity contribution in [1.29, 1.82) is 0 Å². The molecule has 0 unspecified atom stereocenters. The summed E-state index contributed by atoms with van der Waals surface area (Å²) in [5.74, 6) is -0.287. The average Bonchev–Trinajstić information content (AvgIpc) is 3.05. The fourth-order valence-corrected chi connectivity index (χ4v) is 2.47. The second-order valence-electron chi connectivity index (χ2n) is 5.29. The van der Waals surface area contributed by atoms with E-state index in [2.05, 4.69) is 5.10 Å². The molecule has 0 radical (unpaired) electrons. The van der Waals surface area contributed by atoms with Gasteiger partial charge in [0.2, 0.25) is 0 Å². The third kappa shape index (κ3) is 2.94. The van der Waals surface area contributed by atoms with Crippen LogP contribution in [0.5, 0.6) is 5.75 Å². The van der Waals surface area contributed by atoms with Crippen molar-refractivity contribution >= 4 is 5.91 Å². The Hall–Kier alpha value is -2.41. The summed E-state index contributed by atoms with van der Waals surface area (Å²) in [5.41, 5.74) is 0.459. The van der Waals surface area contributed by atoms with Crippen molar-refractivity contribution in [3.05, 3.63) is 48.0 Å². The van der Waals surface area contributed by atoms with Crippen LogP contribution in [0, 0.1) is 5.82 Å². The molecule has 1 aromatic heterocycles. The number of aliphatic hydroxyl groups is 1. The first-order valence-corrected chi connectivity index (χ1v) is 6.91. The molecule has 1 N–H and O–H groups in total. The topological polar surface area (TPSA) is 67.6 Å². The van der Waals surface area contributed by atoms with Crippen molar-refractivity contribution in [2.45, 2.75) is 12.2 Å². The number of likely N-dealkylation sites (tertiary alicyclic amines) is 1. The van der Waals surface area contributed by atoms with E-state index in [1.807, 2.05) is 0 Å². The van der Waals surface area contributed by atoms with E-state index in [0.717, 1.165) is 0 Å². The molecule has 7 heteroatoms. The summed E-state index contributed by atoms with van der Waals surface area (Å²) in [7, 11) is 1.73. The molecule has 1 aromatic carbocycles. The summed E-state index contributed by atoms with van der Waals surface area (Å²) in [6, 6.07) is 5.71. The number of carbonyl (C=O) groups is 1. The summed E-state index contributed by atoms with van der Waals surface area (Å²) < 4.78 is 20.3. The number of hydrogen-bond donors (Lipinski definition) is 1. The van der Waals surface area contributed by atoms with Gasteiger partial charge in [-0.1, -0.05) is 6.07 Å². The Morgan fingerprint density at radius 2 is 2.27 bits per heavy atom. The maximum atomic E-state index is 13.2. The molecular formula is C15H16FN3O3. The van der Waals surface area contributed by atoms with Crippen LogP contribution >= 0.6 is 0 Å². The van der Waals surface area contributed by atoms with Crippen molar-refractivity contribution in [3.63, 3.8) is 0 Å². The quantitative estimate of drug-likeness (QED) is 0.912. The van der Waals surface area contributed by atoms with E-state index in [1.54, 1.807) is 24.0 Å². The van der Waals surface area contributed by atoms with E-state index in [1.165, 1.54) is 29.3 Å². The van der Waals surface area contributed by atoms with Gasteiger partial charge in [-0.25, -0.2) is 4.39 Å². The van der Waals surface area contributed by atoms with Crippen LogP contribution in [0.2, 0.25) is 0 Å². The largest absolute Gasteiger partial charge is 0.486 e. The Morgan fingerprint density at radius 1 is 1.45 bits per heavy atom. The Morgan fingerprint density at radius 3 is 2.95 bits per heavy atom. The number of β-amino-alcohol motifs (C(OH)–C–C–N with tert-alkyl or cyclic N) is 1. The summed E-state index contributed by atoms with van der Waals surface area (Å²) >= 11 is 0. The Kier molecular flexibility index (Phi) is 3.81. The summed E-state index contributed by atoms with van der Waals surface area (Å²) in [6.45, 7) is 0.416. The van der Waals surface area contributed by atoms with Crippen LogP contribution in [0.15, 0.2) is 36.7 Å². The Balaban J connectivity index is 1.68. The highest BCUT2D eigenvalue weighted by molar-refractivity contribution is 5.94. The van der Waals surface area contributed by atoms with Crippen molar-refractivity contribution in [3.8, 4) is 5.75 Å². The van der Waals surface area contributed by atoms with Crippen molar-refractivity contribution in [2.75, 3.05) is 13.1 Å². The molecule has 2 heterocycles. The first-order valence-electron chi connectivity index (χ1n) is 6.91. The van der Waals surface area contributed by atoms with Gasteiger partial charge in [-0.2, -0.15) is 5.10 Å². The number of aromatic nitrogens is 2. The third-order valence-electron chi connectivity index (χ3n) is 3.56. The van der Waals surface area contributed by atoms with Crippen LogP contribution in [0.25, 0.3) is 0 Å². The lowest BCUT2D eigenvalue weighted by Gasteiger charge is -2.16. The molecule has 1 aliphatic heterocycles. The predicted octanol–water partition coefficient (Wildman–Crippen LogP) is 0.823. The molecule has 116 valence electrons. The highest BCUT2D eigenvalue weighted by Gasteiger charge is 2.36. The number of carbonyl (C=O) groups excluding carboxylic acids is 1. The molecule has 0 saturated carbocycles. The normalized spacial score (nSPS) is 21.1. The second kappa shape index (κ2) is 5.76. The molecule has 22 heavy (non-hydrogen) atoms. The SMILES string of the molecule is Cn1cc(C(=O)N2C[C@@H](O)[C@H](Oc3cccc(F)c3)C2)cn1. The molecule has 2 atom stereocenters. The number of aryl methyl sites for hydroxylation is 1. The molecule has 3 rings (SSSR count). The van der Waals surface area contributed by atoms with Gasteiger partial charge < -0.3 is 14.7 Å². The number of benzene rings is 1. The van der Waals surface area contributed by atoms with Gasteiger partial charge in [0.1, 0.15) is 23.8 Å². The maximum Gasteiger partial charge on any atom is 0.257 e. The molecule has 1 saturated heterocycles. The standard InChI is InChI=1S/C15H16FN3O3/c1-18-7-10(6-17-18)15(21)19-8-13(20)14(9-19)22-12-4-2-3-11(16)5-12/h2-7,13-14,20H,8-9H2,1H3/t13-,14-/m1/s1. The van der Waals surface area contributed by atoms with Crippen molar-refractivity contribution < 1.29 is 19.0 Å². The van der Waals surface area contributed by atoms with Crippen LogP contribution in [-0.2, 0) is 7.05 Å². The monoisotopic (exact) mass is 305 g/mol. The summed E-state index contributed by atoms with van der Waals surface area (Å²) in [6.07, 6.45) is 1.71. The number of aliphatic hydroxyl groups excluding tert-OH is 1. The number of halogens is 1. The van der Waals surface area contributed by atoms with E-state index >= 15 is 0 Å². The minimum atomic E-state index is -0.816. The molecule has 0 aliphatic carbocycles. The van der Waals surface area contributed by atoms with Gasteiger partial charge >= 0.3 is 0 Å². The fraction of sp³-hybridized carbons (Fsp3) is 0.333. The Bertz CT molecular complexity index is 688. The maximum absolute atomic E-state index is 13.2. The van der Waals surface area contributed by atoms with Crippen molar-refractivity contribution in [1.82, 2.24) is 14.7 Å². The Labute approximate surface area is 126 Å². The molecular weight excluding hydrogens is 289 g/mol. The third-order valence-corrected chi connectivity index (χ3v) is 3.56. The predicted molar refractivity (Wildman–Crippen MR) is 75.9 cm³/mol. The highest BCUT2D eigenvalue weighted by Crippen LogP contribution is 2.21. The van der Waals surface area contributed by atoms with Crippen LogP contribution in [0.3, 0.4) is 0 Å². The summed E-state index contributed by atoms with van der Waals surface area (Å²) in [5, 5.41) is 14.0. The van der Waals surface area contributed by atoms with E-state index < -0.39 is 18.0 Å². The van der Waals surface area contributed by atoms with Gasteiger partial charge in [-0.15, -0.1) is 0 Å². The summed E-state index contributed by atoms with van der Waals surface area (Å²) in [4.78, 5) is 13.8. The zero-order chi connectivity index (χ0) is 15.7. The first-order chi connectivity index (χ1) is 10.5. The van der Waals surface area contributed by atoms with Gasteiger partial charge in [-0.05, 0) is 12.1 Å². The second-order valence-corrected chi connectivity index (χ2v) is 5.29. The van der Waals surface area contributed by atoms with Crippen LogP contribution in [-0.4, -0.2) is 51.0 Å². The lowest BCUT2D eigenvalue weighted by atomic mass is 10.2. The number of hydrogen-bond acceptors (Lipinski definition) is 4. The van der Waals surface area contributed by atoms with Gasteiger partial charge in [0.15, 0.2) is 0 Å². The molecule has 0 spiro atoms. The molecule has 2 aromatic rings. The lowest BCUT2D eigenvalue weighted by molar-refractivity contribution is 0.0728. The van der Waals surface area contributed by atoms with Gasteiger partial charge in [-0.3, -0.25) is 9.48 Å². The molecule has 6 nitrogen and oxygen atoms in total. The minimum Gasteiger partial charge on any atom is -0.486 e. The zero-order valence-electron chi connectivity index (χ0n) is 12.0. The van der Waals surface area contributed by atoms with E-state index in [9.17, 15) is 14.3 Å². The molecule has 0 bridgehead atoms. The number of ether oxygens (including phenoxy) is 1. The molecule has 1 aliphatic rings. The minimum absolute atomic E-state index is 0.174. The van der Waals surface area contributed by atoms with Crippen LogP contribution in [0.1, 0.15) is 10.4 Å². The van der Waals surface area contributed by atoms with Gasteiger partial charge in [0, 0.05) is 19.3 Å². The average molecular weight is 305 g/mol. The zero-order valence-corrected chi connectivity index (χ0v) is 12.0. The highest BCUT2D eigenvalue weighted by atomic mass is 19.1. The molecule has 1 amide bonds. The van der Waals surface area contributed by atoms with E-state index in [-0.39, 0.29) is 19.0 Å². The van der Waals surface area contributed by atoms with E-state index in [4.69, 9.17) is 4.74 Å². The van der Waals surface area contributed by atoms with Crippen molar-refractivity contribution in [2.24, 2.45) is 7.05 Å². The number of amides is 1. The number of rotatable bonds is 3. The molecule has 1 fully saturated rings. The van der Waals surface area contributed by atoms with Crippen LogP contribution in [0.4, 0.5) is 4.39 Å². The number of nitrogens with zero attached hydrogens (tertiary/aromatic N) is 3. The fourth-order valence-electron chi connectivity index (χ4n) is 2.47. The van der Waals surface area contributed by atoms with Crippen LogP contribution < -0.4 is 4.74 Å². The van der Waals surface area contributed by atoms with E-state index in [0.29, 0.717) is 11.3 Å². The lowest BCUT2D eigenvalue weighted by Crippen LogP contribution is -2.31. The smallest absolute Gasteiger partial charge is 0.257 e.